The summed E-state index contributed by atoms with van der Waals surface area (Å²) in [5.41, 5.74) is -0.138. The fourth-order valence-corrected chi connectivity index (χ4v) is 3.28. The summed E-state index contributed by atoms with van der Waals surface area (Å²) in [6.07, 6.45) is 0. The first-order chi connectivity index (χ1) is 12.5. The molecule has 0 N–H and O–H groups in total. The summed E-state index contributed by atoms with van der Waals surface area (Å²) >= 11 is 0. The Morgan fingerprint density at radius 2 is 1.62 bits per heavy atom. The van der Waals surface area contributed by atoms with Crippen molar-refractivity contribution in [1.29, 1.82) is 0 Å². The lowest BCUT2D eigenvalue weighted by molar-refractivity contribution is -0.394. The Kier molecular flexibility index (Phi) is 4.75. The summed E-state index contributed by atoms with van der Waals surface area (Å²) in [6.45, 7) is 0. The Bertz CT molecular complexity index is 974. The zero-order chi connectivity index (χ0) is 18.7. The van der Waals surface area contributed by atoms with E-state index >= 15 is 0 Å². The van der Waals surface area contributed by atoms with Gasteiger partial charge in [0.15, 0.2) is 0 Å². The van der Waals surface area contributed by atoms with Crippen molar-refractivity contribution in [2.24, 2.45) is 0 Å². The van der Waals surface area contributed by atoms with Gasteiger partial charge in [-0.15, -0.1) is 0 Å². The molecular weight excluding hydrogens is 364 g/mol. The SMILES string of the molecule is O=[N+]([O-])c1cc(CS(=O)c2nnnn2-c2ccccc2)cc([N+](=O)[O-])c1. The van der Waals surface area contributed by atoms with Crippen LogP contribution < -0.4 is 0 Å². The van der Waals surface area contributed by atoms with Crippen molar-refractivity contribution in [1.82, 2.24) is 20.2 Å². The third-order valence-electron chi connectivity index (χ3n) is 3.33. The molecule has 3 aromatic rings. The van der Waals surface area contributed by atoms with Crippen LogP contribution in [0.5, 0.6) is 0 Å². The summed E-state index contributed by atoms with van der Waals surface area (Å²) in [5.74, 6) is -0.213. The molecule has 132 valence electrons. The van der Waals surface area contributed by atoms with Crippen LogP contribution in [0.25, 0.3) is 5.69 Å². The molecule has 0 saturated heterocycles. The van der Waals surface area contributed by atoms with Gasteiger partial charge in [-0.1, -0.05) is 23.3 Å². The van der Waals surface area contributed by atoms with E-state index in [2.05, 4.69) is 15.5 Å². The van der Waals surface area contributed by atoms with E-state index in [1.165, 1.54) is 4.68 Å². The molecular formula is C14H10N6O5S. The Morgan fingerprint density at radius 1 is 1.00 bits per heavy atom. The number of aromatic nitrogens is 4. The van der Waals surface area contributed by atoms with Crippen molar-refractivity contribution < 1.29 is 14.1 Å². The van der Waals surface area contributed by atoms with Crippen LogP contribution in [0, 0.1) is 20.2 Å². The smallest absolute Gasteiger partial charge is 0.258 e. The third-order valence-corrected chi connectivity index (χ3v) is 4.58. The zero-order valence-electron chi connectivity index (χ0n) is 13.0. The van der Waals surface area contributed by atoms with Gasteiger partial charge in [-0.3, -0.25) is 24.4 Å². The van der Waals surface area contributed by atoms with Crippen LogP contribution in [0.1, 0.15) is 5.56 Å². The van der Waals surface area contributed by atoms with Crippen LogP contribution in [0.3, 0.4) is 0 Å². The van der Waals surface area contributed by atoms with E-state index in [1.807, 2.05) is 0 Å². The van der Waals surface area contributed by atoms with E-state index in [-0.39, 0.29) is 16.5 Å². The number of nitro benzene ring substituents is 2. The molecule has 0 aliphatic rings. The molecule has 1 heterocycles. The second-order valence-electron chi connectivity index (χ2n) is 5.07. The third kappa shape index (κ3) is 3.59. The lowest BCUT2D eigenvalue weighted by Crippen LogP contribution is -2.07. The first-order valence-corrected chi connectivity index (χ1v) is 8.42. The number of hydrogen-bond acceptors (Lipinski definition) is 8. The maximum absolute atomic E-state index is 12.6. The highest BCUT2D eigenvalue weighted by atomic mass is 32.2. The van der Waals surface area contributed by atoms with Gasteiger partial charge in [0.2, 0.25) is 5.16 Å². The average Bonchev–Trinajstić information content (AvgIpc) is 3.12. The standard InChI is InChI=1S/C14H10N6O5S/c21-19(22)12-6-10(7-13(8-12)20(23)24)9-26(25)14-15-16-17-18(14)11-4-2-1-3-5-11/h1-8H,9H2. The molecule has 0 aliphatic carbocycles. The van der Waals surface area contributed by atoms with Crippen molar-refractivity contribution in [2.45, 2.75) is 10.9 Å². The molecule has 11 nitrogen and oxygen atoms in total. The molecule has 1 unspecified atom stereocenters. The first kappa shape index (κ1) is 17.3. The predicted molar refractivity (Wildman–Crippen MR) is 89.0 cm³/mol. The Morgan fingerprint density at radius 3 is 2.19 bits per heavy atom. The fraction of sp³-hybridized carbons (Fsp3) is 0.0714. The number of nitrogens with zero attached hydrogens (tertiary/aromatic N) is 6. The largest absolute Gasteiger partial charge is 0.276 e. The molecule has 12 heteroatoms. The van der Waals surface area contributed by atoms with Crippen molar-refractivity contribution in [2.75, 3.05) is 0 Å². The van der Waals surface area contributed by atoms with Crippen molar-refractivity contribution >= 4 is 22.2 Å². The van der Waals surface area contributed by atoms with Gasteiger partial charge in [0.1, 0.15) is 0 Å². The molecule has 0 fully saturated rings. The Hall–Kier alpha value is -3.54. The summed E-state index contributed by atoms with van der Waals surface area (Å²) in [5, 5.41) is 33.0. The molecule has 2 aromatic carbocycles. The zero-order valence-corrected chi connectivity index (χ0v) is 13.8. The molecule has 0 bridgehead atoms. The van der Waals surface area contributed by atoms with Gasteiger partial charge >= 0.3 is 0 Å². The first-order valence-electron chi connectivity index (χ1n) is 7.10. The van der Waals surface area contributed by atoms with Gasteiger partial charge in [0.25, 0.3) is 11.4 Å². The van der Waals surface area contributed by atoms with Crippen molar-refractivity contribution in [3.63, 3.8) is 0 Å². The number of nitro groups is 2. The van der Waals surface area contributed by atoms with Gasteiger partial charge in [0, 0.05) is 12.1 Å². The van der Waals surface area contributed by atoms with Gasteiger partial charge in [-0.2, -0.15) is 4.68 Å². The van der Waals surface area contributed by atoms with Crippen LogP contribution in [-0.4, -0.2) is 34.3 Å². The summed E-state index contributed by atoms with van der Waals surface area (Å²) in [6, 6.07) is 11.9. The van der Waals surface area contributed by atoms with E-state index in [9.17, 15) is 24.4 Å². The lowest BCUT2D eigenvalue weighted by atomic mass is 10.2. The van der Waals surface area contributed by atoms with Gasteiger partial charge in [0.05, 0.1) is 38.2 Å². The quantitative estimate of drug-likeness (QED) is 0.468. The highest BCUT2D eigenvalue weighted by Crippen LogP contribution is 2.24. The number of benzene rings is 2. The highest BCUT2D eigenvalue weighted by molar-refractivity contribution is 7.84. The highest BCUT2D eigenvalue weighted by Gasteiger charge is 2.20. The number of non-ortho nitro benzene ring substituents is 2. The predicted octanol–water partition coefficient (Wildman–Crippen LogP) is 1.79. The summed E-state index contributed by atoms with van der Waals surface area (Å²) < 4.78 is 13.9. The molecule has 0 aliphatic heterocycles. The molecule has 1 aromatic heterocycles. The van der Waals surface area contributed by atoms with Crippen LogP contribution in [0.2, 0.25) is 0 Å². The maximum Gasteiger partial charge on any atom is 0.276 e. The van der Waals surface area contributed by atoms with Crippen molar-refractivity contribution in [3.8, 4) is 5.69 Å². The van der Waals surface area contributed by atoms with E-state index in [1.54, 1.807) is 30.3 Å². The van der Waals surface area contributed by atoms with Crippen LogP contribution >= 0.6 is 0 Å². The minimum Gasteiger partial charge on any atom is -0.258 e. The van der Waals surface area contributed by atoms with E-state index in [0.29, 0.717) is 5.69 Å². The lowest BCUT2D eigenvalue weighted by Gasteiger charge is -2.05. The second kappa shape index (κ2) is 7.14. The topological polar surface area (TPSA) is 147 Å². The van der Waals surface area contributed by atoms with E-state index in [0.717, 1.165) is 18.2 Å². The molecule has 1 atom stereocenters. The molecule has 0 amide bonds. The van der Waals surface area contributed by atoms with Gasteiger partial charge < -0.3 is 0 Å². The minimum absolute atomic E-state index is 0.0327. The monoisotopic (exact) mass is 374 g/mol. The van der Waals surface area contributed by atoms with Crippen LogP contribution in [-0.2, 0) is 16.6 Å². The Balaban J connectivity index is 1.93. The number of rotatable bonds is 6. The maximum atomic E-state index is 12.6. The molecule has 3 rings (SSSR count). The number of para-hydroxylation sites is 1. The Labute approximate surface area is 148 Å². The number of tetrazole rings is 1. The van der Waals surface area contributed by atoms with E-state index < -0.39 is 32.0 Å². The minimum atomic E-state index is -1.78. The van der Waals surface area contributed by atoms with Gasteiger partial charge in [-0.05, 0) is 28.1 Å². The second-order valence-corrected chi connectivity index (χ2v) is 6.42. The van der Waals surface area contributed by atoms with Crippen LogP contribution in [0.15, 0.2) is 53.7 Å². The van der Waals surface area contributed by atoms with Gasteiger partial charge in [-0.25, -0.2) is 0 Å². The van der Waals surface area contributed by atoms with E-state index in [4.69, 9.17) is 0 Å². The summed E-state index contributed by atoms with van der Waals surface area (Å²) in [4.78, 5) is 20.4. The van der Waals surface area contributed by atoms with Crippen molar-refractivity contribution in [3.05, 3.63) is 74.3 Å². The molecule has 0 saturated carbocycles. The molecule has 26 heavy (non-hydrogen) atoms. The number of hydrogen-bond donors (Lipinski definition) is 0. The molecule has 0 spiro atoms. The van der Waals surface area contributed by atoms with Crippen LogP contribution in [0.4, 0.5) is 11.4 Å². The normalized spacial score (nSPS) is 11.8. The fourth-order valence-electron chi connectivity index (χ4n) is 2.22. The summed E-state index contributed by atoms with van der Waals surface area (Å²) in [7, 11) is -1.78. The molecule has 0 radical (unpaired) electrons. The average molecular weight is 374 g/mol.